The van der Waals surface area contributed by atoms with Gasteiger partial charge in [0.2, 0.25) is 11.8 Å². The number of morpholine rings is 1. The Bertz CT molecular complexity index is 610. The molecule has 6 nitrogen and oxygen atoms in total. The van der Waals surface area contributed by atoms with Crippen molar-refractivity contribution in [2.75, 3.05) is 39.4 Å². The van der Waals surface area contributed by atoms with E-state index < -0.39 is 5.41 Å². The van der Waals surface area contributed by atoms with Crippen LogP contribution in [0.15, 0.2) is 24.3 Å². The van der Waals surface area contributed by atoms with Gasteiger partial charge in [0.05, 0.1) is 13.2 Å². The predicted molar refractivity (Wildman–Crippen MR) is 95.2 cm³/mol. The normalized spacial score (nSPS) is 19.2. The highest BCUT2D eigenvalue weighted by molar-refractivity contribution is 6.30. The van der Waals surface area contributed by atoms with E-state index in [-0.39, 0.29) is 11.8 Å². The summed E-state index contributed by atoms with van der Waals surface area (Å²) in [5, 5.41) is 6.45. The van der Waals surface area contributed by atoms with Gasteiger partial charge in [0, 0.05) is 37.7 Å². The lowest BCUT2D eigenvalue weighted by Crippen LogP contribution is -2.46. The molecule has 2 fully saturated rings. The van der Waals surface area contributed by atoms with Gasteiger partial charge in [0.15, 0.2) is 0 Å². The second-order valence-corrected chi connectivity index (χ2v) is 7.04. The first kappa shape index (κ1) is 18.2. The number of benzene rings is 1. The fourth-order valence-electron chi connectivity index (χ4n) is 2.96. The monoisotopic (exact) mass is 365 g/mol. The van der Waals surface area contributed by atoms with Crippen molar-refractivity contribution in [1.82, 2.24) is 15.5 Å². The van der Waals surface area contributed by atoms with Crippen LogP contribution in [0.25, 0.3) is 0 Å². The fraction of sp³-hybridized carbons (Fsp3) is 0.556. The molecule has 0 spiro atoms. The molecule has 1 aromatic rings. The number of nitrogens with one attached hydrogen (secondary N) is 2. The Balaban J connectivity index is 1.43. The molecule has 1 aromatic carbocycles. The minimum atomic E-state index is -0.878. The molecule has 1 heterocycles. The lowest BCUT2D eigenvalue weighted by Gasteiger charge is -2.26. The highest BCUT2D eigenvalue weighted by Crippen LogP contribution is 2.46. The van der Waals surface area contributed by atoms with E-state index in [9.17, 15) is 9.59 Å². The van der Waals surface area contributed by atoms with Crippen molar-refractivity contribution in [3.63, 3.8) is 0 Å². The summed E-state index contributed by atoms with van der Waals surface area (Å²) in [5.74, 6) is -0.347. The molecule has 1 aliphatic heterocycles. The fourth-order valence-corrected chi connectivity index (χ4v) is 3.08. The third kappa shape index (κ3) is 4.71. The second-order valence-electron chi connectivity index (χ2n) is 6.60. The van der Waals surface area contributed by atoms with Crippen LogP contribution in [-0.2, 0) is 20.9 Å². The largest absolute Gasteiger partial charge is 0.379 e. The standard InChI is InChI=1S/C18H24ClN3O3/c19-15-3-1-14(2-4-15)13-21-17(24)18(5-6-18)16(23)20-7-8-22-9-11-25-12-10-22/h1-4H,5-13H2,(H,20,23)(H,21,24). The van der Waals surface area contributed by atoms with E-state index in [1.807, 2.05) is 12.1 Å². The molecule has 2 N–H and O–H groups in total. The summed E-state index contributed by atoms with van der Waals surface area (Å²) in [7, 11) is 0. The molecule has 2 amide bonds. The zero-order valence-electron chi connectivity index (χ0n) is 14.2. The molecule has 0 unspecified atom stereocenters. The van der Waals surface area contributed by atoms with Gasteiger partial charge in [-0.3, -0.25) is 14.5 Å². The maximum atomic E-state index is 12.4. The summed E-state index contributed by atoms with van der Waals surface area (Å²) < 4.78 is 5.30. The molecule has 7 heteroatoms. The van der Waals surface area contributed by atoms with Gasteiger partial charge in [-0.15, -0.1) is 0 Å². The van der Waals surface area contributed by atoms with Gasteiger partial charge < -0.3 is 15.4 Å². The first-order chi connectivity index (χ1) is 12.1. The van der Waals surface area contributed by atoms with E-state index in [0.717, 1.165) is 38.4 Å². The van der Waals surface area contributed by atoms with Crippen molar-refractivity contribution < 1.29 is 14.3 Å². The summed E-state index contributed by atoms with van der Waals surface area (Å²) in [5.41, 5.74) is 0.0820. The summed E-state index contributed by atoms with van der Waals surface area (Å²) in [6.45, 7) is 5.02. The quantitative estimate of drug-likeness (QED) is 0.712. The number of ether oxygens (including phenoxy) is 1. The smallest absolute Gasteiger partial charge is 0.235 e. The molecule has 0 aromatic heterocycles. The van der Waals surface area contributed by atoms with Crippen LogP contribution in [0.1, 0.15) is 18.4 Å². The molecule has 0 bridgehead atoms. The molecule has 0 radical (unpaired) electrons. The molecule has 136 valence electrons. The van der Waals surface area contributed by atoms with E-state index >= 15 is 0 Å². The van der Waals surface area contributed by atoms with Crippen molar-refractivity contribution in [1.29, 1.82) is 0 Å². The van der Waals surface area contributed by atoms with Gasteiger partial charge in [0.1, 0.15) is 5.41 Å². The van der Waals surface area contributed by atoms with Crippen molar-refractivity contribution in [3.05, 3.63) is 34.9 Å². The van der Waals surface area contributed by atoms with Crippen molar-refractivity contribution in [2.24, 2.45) is 5.41 Å². The molecule has 25 heavy (non-hydrogen) atoms. The summed E-state index contributed by atoms with van der Waals surface area (Å²) in [4.78, 5) is 27.1. The molecular weight excluding hydrogens is 342 g/mol. The van der Waals surface area contributed by atoms with Crippen molar-refractivity contribution in [3.8, 4) is 0 Å². The molecule has 1 saturated heterocycles. The number of hydrogen-bond donors (Lipinski definition) is 2. The van der Waals surface area contributed by atoms with E-state index in [2.05, 4.69) is 15.5 Å². The first-order valence-electron chi connectivity index (χ1n) is 8.71. The highest BCUT2D eigenvalue weighted by atomic mass is 35.5. The maximum absolute atomic E-state index is 12.4. The zero-order valence-corrected chi connectivity index (χ0v) is 15.0. The Morgan fingerprint density at radius 3 is 2.36 bits per heavy atom. The maximum Gasteiger partial charge on any atom is 0.235 e. The number of carbonyl (C=O) groups excluding carboxylic acids is 2. The SMILES string of the molecule is O=C(NCCN1CCOCC1)C1(C(=O)NCc2ccc(Cl)cc2)CC1. The molecule has 1 aliphatic carbocycles. The number of rotatable bonds is 7. The topological polar surface area (TPSA) is 70.7 Å². The number of amides is 2. The predicted octanol–water partition coefficient (Wildman–Crippen LogP) is 1.18. The van der Waals surface area contributed by atoms with Gasteiger partial charge in [-0.1, -0.05) is 23.7 Å². The molecule has 3 rings (SSSR count). The Hall–Kier alpha value is -1.63. The molecule has 1 saturated carbocycles. The van der Waals surface area contributed by atoms with E-state index in [4.69, 9.17) is 16.3 Å². The van der Waals surface area contributed by atoms with Crippen LogP contribution in [0.3, 0.4) is 0 Å². The van der Waals surface area contributed by atoms with Gasteiger partial charge >= 0.3 is 0 Å². The summed E-state index contributed by atoms with van der Waals surface area (Å²) in [6.07, 6.45) is 1.23. The number of halogens is 1. The van der Waals surface area contributed by atoms with Crippen LogP contribution >= 0.6 is 11.6 Å². The lowest BCUT2D eigenvalue weighted by molar-refractivity contribution is -0.137. The van der Waals surface area contributed by atoms with Crippen LogP contribution in [0.4, 0.5) is 0 Å². The summed E-state index contributed by atoms with van der Waals surface area (Å²) >= 11 is 5.85. The highest BCUT2D eigenvalue weighted by Gasteiger charge is 2.56. The Morgan fingerprint density at radius 1 is 1.08 bits per heavy atom. The van der Waals surface area contributed by atoms with Crippen LogP contribution in [0, 0.1) is 5.41 Å². The van der Waals surface area contributed by atoms with Crippen LogP contribution in [-0.4, -0.2) is 56.1 Å². The number of hydrogen-bond acceptors (Lipinski definition) is 4. The van der Waals surface area contributed by atoms with E-state index in [1.165, 1.54) is 0 Å². The summed E-state index contributed by atoms with van der Waals surface area (Å²) in [6, 6.07) is 7.30. The van der Waals surface area contributed by atoms with Crippen molar-refractivity contribution >= 4 is 23.4 Å². The minimum absolute atomic E-state index is 0.158. The Morgan fingerprint density at radius 2 is 1.72 bits per heavy atom. The molecule has 2 aliphatic rings. The zero-order chi connectivity index (χ0) is 17.7. The molecular formula is C18H24ClN3O3. The van der Waals surface area contributed by atoms with Crippen LogP contribution < -0.4 is 10.6 Å². The Labute approximate surface area is 152 Å². The Kier molecular flexibility index (Phi) is 5.93. The number of nitrogens with zero attached hydrogens (tertiary/aromatic N) is 1. The van der Waals surface area contributed by atoms with E-state index in [1.54, 1.807) is 12.1 Å². The average Bonchev–Trinajstić information content (AvgIpc) is 3.44. The average molecular weight is 366 g/mol. The third-order valence-electron chi connectivity index (χ3n) is 4.80. The van der Waals surface area contributed by atoms with Gasteiger partial charge in [-0.05, 0) is 30.5 Å². The van der Waals surface area contributed by atoms with Gasteiger partial charge in [0.25, 0.3) is 0 Å². The van der Waals surface area contributed by atoms with Crippen LogP contribution in [0.2, 0.25) is 5.02 Å². The minimum Gasteiger partial charge on any atom is -0.379 e. The second kappa shape index (κ2) is 8.17. The third-order valence-corrected chi connectivity index (χ3v) is 5.05. The van der Waals surface area contributed by atoms with E-state index in [0.29, 0.717) is 31.0 Å². The van der Waals surface area contributed by atoms with Gasteiger partial charge in [-0.25, -0.2) is 0 Å². The first-order valence-corrected chi connectivity index (χ1v) is 9.09. The van der Waals surface area contributed by atoms with Crippen LogP contribution in [0.5, 0.6) is 0 Å². The molecule has 0 atom stereocenters. The van der Waals surface area contributed by atoms with Gasteiger partial charge in [-0.2, -0.15) is 0 Å². The van der Waals surface area contributed by atoms with Crippen molar-refractivity contribution in [2.45, 2.75) is 19.4 Å². The lowest BCUT2D eigenvalue weighted by atomic mass is 10.0. The number of carbonyl (C=O) groups is 2.